The second kappa shape index (κ2) is 14.9. The quantitative estimate of drug-likeness (QED) is 0.0758. The molecule has 8 nitrogen and oxygen atoms in total. The van der Waals surface area contributed by atoms with E-state index in [9.17, 15) is 0 Å². The van der Waals surface area contributed by atoms with Crippen molar-refractivity contribution in [1.29, 1.82) is 0 Å². The van der Waals surface area contributed by atoms with Crippen molar-refractivity contribution in [3.63, 3.8) is 0 Å². The van der Waals surface area contributed by atoms with Crippen LogP contribution in [-0.4, -0.2) is 54.6 Å². The number of ether oxygens (including phenoxy) is 3. The zero-order valence-electron chi connectivity index (χ0n) is 24.1. The van der Waals surface area contributed by atoms with Gasteiger partial charge in [0.05, 0.1) is 36.2 Å². The Bertz CT molecular complexity index is 1670. The van der Waals surface area contributed by atoms with Gasteiger partial charge in [0.1, 0.15) is 5.75 Å². The van der Waals surface area contributed by atoms with Gasteiger partial charge in [0.25, 0.3) is 0 Å². The number of likely N-dealkylation sites (tertiary alicyclic amines) is 1. The summed E-state index contributed by atoms with van der Waals surface area (Å²) in [4.78, 5) is 6.95. The van der Waals surface area contributed by atoms with Gasteiger partial charge < -0.3 is 24.8 Å². The molecule has 0 saturated carbocycles. The number of benzene rings is 3. The summed E-state index contributed by atoms with van der Waals surface area (Å²) in [6.07, 6.45) is 7.82. The second-order valence-electron chi connectivity index (χ2n) is 10.2. The molecule has 2 N–H and O–H groups in total. The van der Waals surface area contributed by atoms with Gasteiger partial charge >= 0.3 is 0 Å². The highest BCUT2D eigenvalue weighted by molar-refractivity contribution is 7.80. The maximum atomic E-state index is 15.4. The van der Waals surface area contributed by atoms with Crippen molar-refractivity contribution < 1.29 is 18.6 Å². The summed E-state index contributed by atoms with van der Waals surface area (Å²) in [6, 6.07) is 14.5. The molecule has 0 atom stereocenters. The molecule has 0 unspecified atom stereocenters. The van der Waals surface area contributed by atoms with Gasteiger partial charge in [-0.15, -0.1) is 0 Å². The first-order chi connectivity index (χ1) is 21.3. The van der Waals surface area contributed by atoms with Crippen molar-refractivity contribution in [1.82, 2.24) is 9.88 Å². The van der Waals surface area contributed by atoms with Gasteiger partial charge in [-0.25, -0.2) is 9.40 Å². The van der Waals surface area contributed by atoms with E-state index in [4.69, 9.17) is 55.4 Å². The number of aromatic nitrogens is 1. The van der Waals surface area contributed by atoms with E-state index in [0.717, 1.165) is 26.1 Å². The van der Waals surface area contributed by atoms with Crippen molar-refractivity contribution in [2.45, 2.75) is 25.7 Å². The van der Waals surface area contributed by atoms with Crippen LogP contribution < -0.4 is 25.0 Å². The molecular formula is C32H32Cl2FN5O3S. The van der Waals surface area contributed by atoms with Crippen LogP contribution in [0.1, 0.15) is 31.2 Å². The second-order valence-corrected chi connectivity index (χ2v) is 11.5. The number of methoxy groups -OCH3 is 1. The zero-order valence-corrected chi connectivity index (χ0v) is 26.5. The van der Waals surface area contributed by atoms with Gasteiger partial charge in [0, 0.05) is 40.8 Å². The summed E-state index contributed by atoms with van der Waals surface area (Å²) in [5.74, 6) is 0.880. The maximum Gasteiger partial charge on any atom is 0.191 e. The number of nitrogens with two attached hydrogens (primary N) is 1. The molecule has 1 fully saturated rings. The van der Waals surface area contributed by atoms with Crippen LogP contribution in [0.3, 0.4) is 0 Å². The van der Waals surface area contributed by atoms with E-state index in [-0.39, 0.29) is 10.9 Å². The molecule has 230 valence electrons. The normalized spacial score (nSPS) is 13.7. The number of pyridine rings is 1. The fourth-order valence-corrected chi connectivity index (χ4v) is 5.55. The van der Waals surface area contributed by atoms with Crippen LogP contribution >= 0.6 is 35.4 Å². The number of hydrazone groups is 1. The third-order valence-corrected chi connectivity index (χ3v) is 7.91. The van der Waals surface area contributed by atoms with Crippen LogP contribution in [0.4, 0.5) is 10.1 Å². The molecule has 0 aliphatic carbocycles. The fraction of sp³-hybridized carbons (Fsp3) is 0.281. The Morgan fingerprint density at radius 1 is 1.05 bits per heavy atom. The van der Waals surface area contributed by atoms with E-state index < -0.39 is 5.82 Å². The molecule has 12 heteroatoms. The molecule has 1 aromatic heterocycles. The lowest BCUT2D eigenvalue weighted by Crippen LogP contribution is -2.31. The molecule has 0 radical (unpaired) electrons. The van der Waals surface area contributed by atoms with E-state index >= 15 is 4.39 Å². The maximum absolute atomic E-state index is 15.4. The summed E-state index contributed by atoms with van der Waals surface area (Å²) < 4.78 is 33.1. The van der Waals surface area contributed by atoms with Crippen LogP contribution in [-0.2, 0) is 0 Å². The monoisotopic (exact) mass is 655 g/mol. The van der Waals surface area contributed by atoms with Crippen molar-refractivity contribution in [2.24, 2.45) is 10.8 Å². The predicted octanol–water partition coefficient (Wildman–Crippen LogP) is 7.82. The van der Waals surface area contributed by atoms with Crippen molar-refractivity contribution in [3.8, 4) is 23.0 Å². The van der Waals surface area contributed by atoms with Crippen LogP contribution in [0.5, 0.6) is 23.0 Å². The molecule has 4 aromatic rings. The molecule has 5 rings (SSSR count). The molecule has 0 bridgehead atoms. The molecule has 0 amide bonds. The van der Waals surface area contributed by atoms with Gasteiger partial charge in [-0.2, -0.15) is 5.10 Å². The molecule has 2 heterocycles. The lowest BCUT2D eigenvalue weighted by Gasteiger charge is -2.26. The van der Waals surface area contributed by atoms with Crippen molar-refractivity contribution >= 4 is 63.3 Å². The van der Waals surface area contributed by atoms with Gasteiger partial charge in [0.15, 0.2) is 28.2 Å². The fourth-order valence-electron chi connectivity index (χ4n) is 4.94. The van der Waals surface area contributed by atoms with Gasteiger partial charge in [-0.1, -0.05) is 35.7 Å². The molecule has 0 spiro atoms. The number of rotatable bonds is 11. The number of hydrogen-bond acceptors (Lipinski definition) is 7. The minimum Gasteiger partial charge on any atom is -0.493 e. The highest BCUT2D eigenvalue weighted by atomic mass is 35.5. The Kier molecular flexibility index (Phi) is 10.7. The van der Waals surface area contributed by atoms with Crippen LogP contribution in [0.25, 0.3) is 10.9 Å². The lowest BCUT2D eigenvalue weighted by molar-refractivity contribution is 0.203. The van der Waals surface area contributed by atoms with E-state index in [1.54, 1.807) is 49.7 Å². The topological polar surface area (TPSA) is 85.4 Å². The van der Waals surface area contributed by atoms with E-state index in [1.807, 2.05) is 6.07 Å². The van der Waals surface area contributed by atoms with Crippen LogP contribution in [0, 0.1) is 5.82 Å². The average Bonchev–Trinajstić information content (AvgIpc) is 3.01. The first-order valence-electron chi connectivity index (χ1n) is 14.2. The summed E-state index contributed by atoms with van der Waals surface area (Å²) >= 11 is 17.3. The third kappa shape index (κ3) is 7.87. The van der Waals surface area contributed by atoms with E-state index in [0.29, 0.717) is 56.1 Å². The SMILES string of the molecule is COc1cc2c(Oc3ccc(N(/N=C/c4ccc(Cl)cc4Cl)C(N)=S)cc3F)ccnc2cc1OCCCN1CCCCC1. The standard InChI is InChI=1S/C32H32Cl2FN5O3S/c1-41-30-18-24-27(19-31(30)42-15-5-14-39-12-3-2-4-13-39)37-11-10-28(24)43-29-9-8-23(17-26(29)35)40(32(36)44)38-20-21-6-7-22(33)16-25(21)34/h6-11,16-20H,2-5,12-15H2,1H3,(H2,36,44)/b38-20+. The first-order valence-corrected chi connectivity index (χ1v) is 15.4. The Morgan fingerprint density at radius 2 is 1.86 bits per heavy atom. The average molecular weight is 657 g/mol. The smallest absolute Gasteiger partial charge is 0.191 e. The predicted molar refractivity (Wildman–Crippen MR) is 178 cm³/mol. The number of piperidine rings is 1. The number of fused-ring (bicyclic) bond motifs is 1. The van der Waals surface area contributed by atoms with Crippen LogP contribution in [0.2, 0.25) is 10.0 Å². The summed E-state index contributed by atoms with van der Waals surface area (Å²) in [5.41, 5.74) is 7.40. The lowest BCUT2D eigenvalue weighted by atomic mass is 10.1. The van der Waals surface area contributed by atoms with Gasteiger partial charge in [0.2, 0.25) is 0 Å². The van der Waals surface area contributed by atoms with Gasteiger partial charge in [-0.3, -0.25) is 4.98 Å². The molecular weight excluding hydrogens is 624 g/mol. The molecule has 1 aliphatic rings. The number of anilines is 1. The zero-order chi connectivity index (χ0) is 31.1. The molecule has 3 aromatic carbocycles. The van der Waals surface area contributed by atoms with Crippen molar-refractivity contribution in [3.05, 3.63) is 82.2 Å². The molecule has 44 heavy (non-hydrogen) atoms. The molecule has 1 saturated heterocycles. The number of hydrogen-bond donors (Lipinski definition) is 1. The van der Waals surface area contributed by atoms with Gasteiger partial charge in [-0.05, 0) is 81.0 Å². The van der Waals surface area contributed by atoms with E-state index in [2.05, 4.69) is 15.0 Å². The summed E-state index contributed by atoms with van der Waals surface area (Å²) in [5, 5.41) is 6.95. The third-order valence-electron chi connectivity index (χ3n) is 7.18. The minimum atomic E-state index is -0.644. The summed E-state index contributed by atoms with van der Waals surface area (Å²) in [6.45, 7) is 3.88. The van der Waals surface area contributed by atoms with Crippen molar-refractivity contribution in [2.75, 3.05) is 38.4 Å². The highest BCUT2D eigenvalue weighted by Crippen LogP contribution is 2.38. The number of nitrogens with zero attached hydrogens (tertiary/aromatic N) is 4. The summed E-state index contributed by atoms with van der Waals surface area (Å²) in [7, 11) is 1.58. The number of thiocarbonyl (C=S) groups is 1. The Morgan fingerprint density at radius 3 is 2.59 bits per heavy atom. The Balaban J connectivity index is 1.31. The van der Waals surface area contributed by atoms with Crippen LogP contribution in [0.15, 0.2) is 65.9 Å². The first kappa shape index (κ1) is 31.7. The molecule has 1 aliphatic heterocycles. The minimum absolute atomic E-state index is 0.00845. The largest absolute Gasteiger partial charge is 0.493 e. The highest BCUT2D eigenvalue weighted by Gasteiger charge is 2.17. The number of halogens is 3. The Hall–Kier alpha value is -3.70. The Labute approximate surface area is 271 Å². The van der Waals surface area contributed by atoms with E-state index in [1.165, 1.54) is 42.6 Å².